The van der Waals surface area contributed by atoms with E-state index in [0.29, 0.717) is 10.6 Å². The molecular weight excluding hydrogens is 276 g/mol. The summed E-state index contributed by atoms with van der Waals surface area (Å²) in [6.07, 6.45) is 2.64. The van der Waals surface area contributed by atoms with Crippen LogP contribution in [0.5, 0.6) is 0 Å². The van der Waals surface area contributed by atoms with Gasteiger partial charge in [0.25, 0.3) is 0 Å². The molecule has 0 heterocycles. The second-order valence-corrected chi connectivity index (χ2v) is 7.08. The first kappa shape index (κ1) is 16.9. The molecule has 0 bridgehead atoms. The molecule has 0 aliphatic rings. The Bertz CT molecular complexity index is 515. The summed E-state index contributed by atoms with van der Waals surface area (Å²) < 4.78 is 25.8. The van der Waals surface area contributed by atoms with E-state index in [1.807, 2.05) is 24.1 Å². The maximum absolute atomic E-state index is 12.3. The number of aliphatic hydroxyl groups excluding tert-OH is 1. The van der Waals surface area contributed by atoms with Gasteiger partial charge in [0.15, 0.2) is 0 Å². The predicted molar refractivity (Wildman–Crippen MR) is 81.5 cm³/mol. The van der Waals surface area contributed by atoms with Crippen LogP contribution in [0.15, 0.2) is 29.2 Å². The zero-order valence-corrected chi connectivity index (χ0v) is 13.2. The fraction of sp³-hybridized carbons (Fsp3) is 0.571. The lowest BCUT2D eigenvalue weighted by molar-refractivity contribution is 0.283. The van der Waals surface area contributed by atoms with Crippen molar-refractivity contribution in [2.45, 2.75) is 24.2 Å². The van der Waals surface area contributed by atoms with Gasteiger partial charge in [-0.2, -0.15) is 0 Å². The number of sulfonamides is 1. The van der Waals surface area contributed by atoms with E-state index in [2.05, 4.69) is 0 Å². The number of aliphatic hydroxyl groups is 1. The molecule has 0 aliphatic carbocycles. The molecule has 20 heavy (non-hydrogen) atoms. The summed E-state index contributed by atoms with van der Waals surface area (Å²) in [5.41, 5.74) is 0.713. The van der Waals surface area contributed by atoms with Crippen LogP contribution in [0.2, 0.25) is 0 Å². The Morgan fingerprint density at radius 1 is 1.05 bits per heavy atom. The summed E-state index contributed by atoms with van der Waals surface area (Å²) in [6.45, 7) is 0.968. The normalized spacial score (nSPS) is 11.8. The number of para-hydroxylation sites is 1. The third kappa shape index (κ3) is 4.19. The smallest absolute Gasteiger partial charge is 0.244 e. The van der Waals surface area contributed by atoms with Crippen LogP contribution in [0.1, 0.15) is 19.3 Å². The van der Waals surface area contributed by atoms with Crippen LogP contribution < -0.4 is 4.90 Å². The topological polar surface area (TPSA) is 60.9 Å². The van der Waals surface area contributed by atoms with Crippen molar-refractivity contribution in [3.05, 3.63) is 24.3 Å². The van der Waals surface area contributed by atoms with Crippen molar-refractivity contribution in [2.24, 2.45) is 0 Å². The van der Waals surface area contributed by atoms with Gasteiger partial charge in [-0.15, -0.1) is 0 Å². The molecule has 0 unspecified atom stereocenters. The molecular formula is C14H24N2O3S. The van der Waals surface area contributed by atoms with Crippen molar-refractivity contribution >= 4 is 15.7 Å². The standard InChI is InChI=1S/C14H24N2O3S/c1-15(2)20(18,19)14-10-6-5-9-13(14)16(3)11-7-4-8-12-17/h5-6,9-10,17H,4,7-8,11-12H2,1-3H3. The van der Waals surface area contributed by atoms with E-state index in [4.69, 9.17) is 5.11 Å². The van der Waals surface area contributed by atoms with Crippen LogP contribution in [0, 0.1) is 0 Å². The first-order valence-electron chi connectivity index (χ1n) is 6.75. The summed E-state index contributed by atoms with van der Waals surface area (Å²) in [7, 11) is 1.53. The third-order valence-corrected chi connectivity index (χ3v) is 5.05. The van der Waals surface area contributed by atoms with Crippen LogP contribution in [0.3, 0.4) is 0 Å². The molecule has 114 valence electrons. The lowest BCUT2D eigenvalue weighted by Gasteiger charge is -2.23. The number of hydrogen-bond donors (Lipinski definition) is 1. The highest BCUT2D eigenvalue weighted by molar-refractivity contribution is 7.89. The molecule has 0 radical (unpaired) electrons. The Kier molecular flexibility index (Phi) is 6.45. The second-order valence-electron chi connectivity index (χ2n) is 4.96. The molecule has 0 spiro atoms. The number of nitrogens with zero attached hydrogens (tertiary/aromatic N) is 2. The Morgan fingerprint density at radius 2 is 1.70 bits per heavy atom. The second kappa shape index (κ2) is 7.61. The van der Waals surface area contributed by atoms with E-state index in [1.54, 1.807) is 12.1 Å². The molecule has 1 aromatic carbocycles. The molecule has 0 fully saturated rings. The largest absolute Gasteiger partial charge is 0.396 e. The van der Waals surface area contributed by atoms with Crippen molar-refractivity contribution in [1.82, 2.24) is 4.31 Å². The zero-order valence-electron chi connectivity index (χ0n) is 12.4. The number of anilines is 1. The Hall–Kier alpha value is -1.11. The minimum absolute atomic E-state index is 0.204. The van der Waals surface area contributed by atoms with E-state index < -0.39 is 10.0 Å². The highest BCUT2D eigenvalue weighted by Gasteiger charge is 2.22. The van der Waals surface area contributed by atoms with Crippen molar-refractivity contribution in [1.29, 1.82) is 0 Å². The van der Waals surface area contributed by atoms with Crippen LogP contribution in [-0.2, 0) is 10.0 Å². The van der Waals surface area contributed by atoms with Crippen molar-refractivity contribution in [2.75, 3.05) is 39.2 Å². The average Bonchev–Trinajstić information content (AvgIpc) is 2.43. The van der Waals surface area contributed by atoms with Crippen molar-refractivity contribution in [3.8, 4) is 0 Å². The van der Waals surface area contributed by atoms with E-state index in [1.165, 1.54) is 18.4 Å². The maximum Gasteiger partial charge on any atom is 0.244 e. The highest BCUT2D eigenvalue weighted by Crippen LogP contribution is 2.26. The molecule has 0 aromatic heterocycles. The zero-order chi connectivity index (χ0) is 15.2. The number of rotatable bonds is 8. The molecule has 1 rings (SSSR count). The highest BCUT2D eigenvalue weighted by atomic mass is 32.2. The van der Waals surface area contributed by atoms with Gasteiger partial charge in [-0.3, -0.25) is 0 Å². The molecule has 0 saturated heterocycles. The van der Waals surface area contributed by atoms with Crippen molar-refractivity contribution in [3.63, 3.8) is 0 Å². The van der Waals surface area contributed by atoms with Crippen LogP contribution in [0.4, 0.5) is 5.69 Å². The lowest BCUT2D eigenvalue weighted by atomic mass is 10.2. The van der Waals surface area contributed by atoms with Gasteiger partial charge in [0, 0.05) is 34.3 Å². The van der Waals surface area contributed by atoms with E-state index in [-0.39, 0.29) is 6.61 Å². The van der Waals surface area contributed by atoms with Gasteiger partial charge >= 0.3 is 0 Å². The summed E-state index contributed by atoms with van der Waals surface area (Å²) in [5.74, 6) is 0. The molecule has 0 atom stereocenters. The lowest BCUT2D eigenvalue weighted by Crippen LogP contribution is -2.26. The Balaban J connectivity index is 2.91. The monoisotopic (exact) mass is 300 g/mol. The molecule has 1 aromatic rings. The van der Waals surface area contributed by atoms with E-state index in [0.717, 1.165) is 25.8 Å². The van der Waals surface area contributed by atoms with Gasteiger partial charge in [0.1, 0.15) is 4.90 Å². The summed E-state index contributed by atoms with van der Waals surface area (Å²) in [5, 5.41) is 8.76. The predicted octanol–water partition coefficient (Wildman–Crippen LogP) is 1.54. The van der Waals surface area contributed by atoms with Crippen LogP contribution in [0.25, 0.3) is 0 Å². The van der Waals surface area contributed by atoms with E-state index >= 15 is 0 Å². The van der Waals surface area contributed by atoms with Gasteiger partial charge in [-0.1, -0.05) is 12.1 Å². The molecule has 1 N–H and O–H groups in total. The molecule has 0 saturated carbocycles. The minimum Gasteiger partial charge on any atom is -0.396 e. The fourth-order valence-electron chi connectivity index (χ4n) is 1.95. The average molecular weight is 300 g/mol. The van der Waals surface area contributed by atoms with Gasteiger partial charge < -0.3 is 10.0 Å². The van der Waals surface area contributed by atoms with Gasteiger partial charge in [-0.25, -0.2) is 12.7 Å². The first-order valence-corrected chi connectivity index (χ1v) is 8.19. The van der Waals surface area contributed by atoms with Crippen LogP contribution >= 0.6 is 0 Å². The maximum atomic E-state index is 12.3. The minimum atomic E-state index is -3.44. The van der Waals surface area contributed by atoms with Crippen molar-refractivity contribution < 1.29 is 13.5 Å². The quantitative estimate of drug-likeness (QED) is 0.740. The third-order valence-electron chi connectivity index (χ3n) is 3.19. The molecule has 0 aliphatic heterocycles. The summed E-state index contributed by atoms with van der Waals surface area (Å²) in [6, 6.07) is 7.03. The molecule has 0 amide bonds. The first-order chi connectivity index (χ1) is 9.41. The fourth-order valence-corrected chi connectivity index (χ4v) is 3.08. The number of benzene rings is 1. The summed E-state index contributed by atoms with van der Waals surface area (Å²) >= 11 is 0. The number of unbranched alkanes of at least 4 members (excludes halogenated alkanes) is 2. The molecule has 5 nitrogen and oxygen atoms in total. The van der Waals surface area contributed by atoms with Gasteiger partial charge in [0.2, 0.25) is 10.0 Å². The Morgan fingerprint density at radius 3 is 2.30 bits per heavy atom. The van der Waals surface area contributed by atoms with E-state index in [9.17, 15) is 8.42 Å². The molecule has 6 heteroatoms. The summed E-state index contributed by atoms with van der Waals surface area (Å²) in [4.78, 5) is 2.28. The van der Waals surface area contributed by atoms with Gasteiger partial charge in [-0.05, 0) is 31.4 Å². The Labute approximate surface area is 121 Å². The van der Waals surface area contributed by atoms with Crippen LogP contribution in [-0.4, -0.2) is 52.1 Å². The SMILES string of the molecule is CN(CCCCCO)c1ccccc1S(=O)(=O)N(C)C. The van der Waals surface area contributed by atoms with Gasteiger partial charge in [0.05, 0.1) is 5.69 Å². The number of hydrogen-bond acceptors (Lipinski definition) is 4.